The minimum atomic E-state index is 0.579. The normalized spacial score (nSPS) is 16.2. The molecule has 4 nitrogen and oxygen atoms in total. The van der Waals surface area contributed by atoms with Crippen LogP contribution in [0.3, 0.4) is 0 Å². The van der Waals surface area contributed by atoms with E-state index >= 15 is 0 Å². The number of anilines is 2. The zero-order chi connectivity index (χ0) is 14.8. The molecule has 2 aromatic rings. The van der Waals surface area contributed by atoms with Crippen molar-refractivity contribution >= 4 is 11.8 Å². The first kappa shape index (κ1) is 13.9. The Bertz CT molecular complexity index is 593. The molecule has 1 aromatic heterocycles. The topological polar surface area (TPSA) is 46.0 Å². The number of hydrogen-bond acceptors (Lipinski definition) is 3. The second-order valence-corrected chi connectivity index (χ2v) is 5.84. The van der Waals surface area contributed by atoms with Crippen molar-refractivity contribution in [2.45, 2.75) is 25.7 Å². The van der Waals surface area contributed by atoms with Crippen LogP contribution in [-0.4, -0.2) is 18.1 Å². The quantitative estimate of drug-likeness (QED) is 0.859. The minimum Gasteiger partial charge on any atom is -0.343 e. The van der Waals surface area contributed by atoms with Gasteiger partial charge < -0.3 is 4.90 Å². The van der Waals surface area contributed by atoms with E-state index in [9.17, 15) is 0 Å². The lowest BCUT2D eigenvalue weighted by Gasteiger charge is -2.32. The SMILES string of the molecule is Cc1cc(N2CCC(c3ccccc3)CC2)nc(N)[n+]1C. The zero-order valence-electron chi connectivity index (χ0n) is 12.8. The second kappa shape index (κ2) is 5.72. The van der Waals surface area contributed by atoms with Crippen molar-refractivity contribution in [2.24, 2.45) is 7.05 Å². The van der Waals surface area contributed by atoms with E-state index in [1.807, 2.05) is 11.6 Å². The van der Waals surface area contributed by atoms with Gasteiger partial charge in [-0.2, -0.15) is 0 Å². The van der Waals surface area contributed by atoms with Crippen molar-refractivity contribution in [1.82, 2.24) is 4.98 Å². The maximum Gasteiger partial charge on any atom is 0.391 e. The van der Waals surface area contributed by atoms with Gasteiger partial charge in [-0.25, -0.2) is 4.57 Å². The molecule has 1 aromatic carbocycles. The summed E-state index contributed by atoms with van der Waals surface area (Å²) in [4.78, 5) is 6.87. The number of aryl methyl sites for hydroxylation is 1. The zero-order valence-corrected chi connectivity index (χ0v) is 12.8. The Kier molecular flexibility index (Phi) is 3.78. The standard InChI is InChI=1S/C17H22N4/c1-13-12-16(19-17(18)20(13)2)21-10-8-15(9-11-21)14-6-4-3-5-7-14/h3-7,12,15,18H,8-11H2,1-2H3/p+1. The molecule has 0 bridgehead atoms. The Morgan fingerprint density at radius 3 is 2.48 bits per heavy atom. The number of benzene rings is 1. The van der Waals surface area contributed by atoms with Gasteiger partial charge in [0.15, 0.2) is 0 Å². The average molecular weight is 283 g/mol. The van der Waals surface area contributed by atoms with Crippen molar-refractivity contribution in [2.75, 3.05) is 23.7 Å². The van der Waals surface area contributed by atoms with Gasteiger partial charge in [-0.15, -0.1) is 0 Å². The summed E-state index contributed by atoms with van der Waals surface area (Å²) in [5.74, 6) is 2.26. The van der Waals surface area contributed by atoms with Crippen LogP contribution in [0.4, 0.5) is 11.8 Å². The molecular formula is C17H23N4+. The van der Waals surface area contributed by atoms with E-state index in [0.717, 1.165) is 24.6 Å². The second-order valence-electron chi connectivity index (χ2n) is 5.84. The van der Waals surface area contributed by atoms with Gasteiger partial charge in [0, 0.05) is 19.2 Å². The predicted molar refractivity (Wildman–Crippen MR) is 85.2 cm³/mol. The van der Waals surface area contributed by atoms with E-state index in [2.05, 4.69) is 53.2 Å². The van der Waals surface area contributed by atoms with Gasteiger partial charge >= 0.3 is 5.95 Å². The molecule has 0 amide bonds. The molecule has 0 aliphatic carbocycles. The third kappa shape index (κ3) is 2.84. The molecule has 0 spiro atoms. The van der Waals surface area contributed by atoms with Crippen LogP contribution in [0.2, 0.25) is 0 Å². The highest BCUT2D eigenvalue weighted by Gasteiger charge is 2.24. The summed E-state index contributed by atoms with van der Waals surface area (Å²) in [5.41, 5.74) is 8.57. The minimum absolute atomic E-state index is 0.579. The molecule has 21 heavy (non-hydrogen) atoms. The Balaban J connectivity index is 1.71. The molecule has 1 saturated heterocycles. The average Bonchev–Trinajstić information content (AvgIpc) is 2.53. The highest BCUT2D eigenvalue weighted by atomic mass is 15.2. The van der Waals surface area contributed by atoms with Gasteiger partial charge in [0.1, 0.15) is 0 Å². The first-order valence-corrected chi connectivity index (χ1v) is 7.58. The molecule has 1 aliphatic rings. The number of nitrogens with two attached hydrogens (primary N) is 1. The molecule has 2 N–H and O–H groups in total. The number of nitrogen functional groups attached to an aromatic ring is 1. The van der Waals surface area contributed by atoms with Gasteiger partial charge in [-0.3, -0.25) is 5.73 Å². The summed E-state index contributed by atoms with van der Waals surface area (Å²) in [6.07, 6.45) is 2.34. The molecule has 1 aliphatic heterocycles. The Morgan fingerprint density at radius 2 is 1.86 bits per heavy atom. The van der Waals surface area contributed by atoms with E-state index in [0.29, 0.717) is 11.9 Å². The van der Waals surface area contributed by atoms with Crippen LogP contribution in [0.25, 0.3) is 0 Å². The molecule has 4 heteroatoms. The molecular weight excluding hydrogens is 260 g/mol. The van der Waals surface area contributed by atoms with Gasteiger partial charge in [-0.05, 0) is 31.2 Å². The maximum atomic E-state index is 5.97. The lowest BCUT2D eigenvalue weighted by Crippen LogP contribution is -2.39. The fourth-order valence-corrected chi connectivity index (χ4v) is 3.02. The van der Waals surface area contributed by atoms with Crippen molar-refractivity contribution in [1.29, 1.82) is 0 Å². The van der Waals surface area contributed by atoms with Crippen LogP contribution in [0.5, 0.6) is 0 Å². The molecule has 110 valence electrons. The third-order valence-corrected chi connectivity index (χ3v) is 4.53. The van der Waals surface area contributed by atoms with E-state index < -0.39 is 0 Å². The Morgan fingerprint density at radius 1 is 1.19 bits per heavy atom. The Hall–Kier alpha value is -2.10. The van der Waals surface area contributed by atoms with Crippen LogP contribution in [0, 0.1) is 6.92 Å². The molecule has 0 radical (unpaired) electrons. The number of rotatable bonds is 2. The summed E-state index contributed by atoms with van der Waals surface area (Å²) in [7, 11) is 1.95. The molecule has 3 rings (SSSR count). The van der Waals surface area contributed by atoms with Crippen LogP contribution in [0.1, 0.15) is 30.0 Å². The van der Waals surface area contributed by atoms with E-state index in [1.54, 1.807) is 0 Å². The fourth-order valence-electron chi connectivity index (χ4n) is 3.02. The molecule has 0 atom stereocenters. The monoisotopic (exact) mass is 283 g/mol. The van der Waals surface area contributed by atoms with Crippen molar-refractivity contribution in [3.63, 3.8) is 0 Å². The smallest absolute Gasteiger partial charge is 0.343 e. The number of piperidine rings is 1. The Labute approximate surface area is 126 Å². The van der Waals surface area contributed by atoms with Gasteiger partial charge in [-0.1, -0.05) is 35.3 Å². The van der Waals surface area contributed by atoms with Crippen LogP contribution in [0.15, 0.2) is 36.4 Å². The lowest BCUT2D eigenvalue weighted by atomic mass is 9.89. The largest absolute Gasteiger partial charge is 0.391 e. The first-order valence-electron chi connectivity index (χ1n) is 7.58. The summed E-state index contributed by atoms with van der Waals surface area (Å²) in [5, 5.41) is 0. The van der Waals surface area contributed by atoms with E-state index in [1.165, 1.54) is 18.4 Å². The van der Waals surface area contributed by atoms with Crippen molar-refractivity contribution in [3.8, 4) is 0 Å². The van der Waals surface area contributed by atoms with E-state index in [4.69, 9.17) is 5.73 Å². The number of hydrogen-bond donors (Lipinski definition) is 1. The van der Waals surface area contributed by atoms with Crippen molar-refractivity contribution < 1.29 is 4.57 Å². The lowest BCUT2D eigenvalue weighted by molar-refractivity contribution is -0.665. The van der Waals surface area contributed by atoms with E-state index in [-0.39, 0.29) is 0 Å². The molecule has 0 saturated carbocycles. The summed E-state index contributed by atoms with van der Waals surface area (Å²) >= 11 is 0. The molecule has 0 unspecified atom stereocenters. The number of nitrogens with zero attached hydrogens (tertiary/aromatic N) is 3. The van der Waals surface area contributed by atoms with Gasteiger partial charge in [0.2, 0.25) is 5.82 Å². The number of aromatic nitrogens is 2. The van der Waals surface area contributed by atoms with Crippen molar-refractivity contribution in [3.05, 3.63) is 47.7 Å². The summed E-state index contributed by atoms with van der Waals surface area (Å²) in [6.45, 7) is 4.15. The highest BCUT2D eigenvalue weighted by molar-refractivity contribution is 5.41. The summed E-state index contributed by atoms with van der Waals surface area (Å²) in [6, 6.07) is 12.9. The highest BCUT2D eigenvalue weighted by Crippen LogP contribution is 2.29. The maximum absolute atomic E-state index is 5.97. The van der Waals surface area contributed by atoms with Crippen LogP contribution in [-0.2, 0) is 7.05 Å². The van der Waals surface area contributed by atoms with Crippen LogP contribution >= 0.6 is 0 Å². The van der Waals surface area contributed by atoms with Gasteiger partial charge in [0.25, 0.3) is 0 Å². The predicted octanol–water partition coefficient (Wildman–Crippen LogP) is 2.18. The third-order valence-electron chi connectivity index (χ3n) is 4.53. The fraction of sp³-hybridized carbons (Fsp3) is 0.412. The molecule has 1 fully saturated rings. The van der Waals surface area contributed by atoms with Gasteiger partial charge in [0.05, 0.1) is 12.7 Å². The van der Waals surface area contributed by atoms with Crippen LogP contribution < -0.4 is 15.2 Å². The first-order chi connectivity index (χ1) is 10.1. The summed E-state index contributed by atoms with van der Waals surface area (Å²) < 4.78 is 1.92. The molecule has 2 heterocycles.